The largest absolute Gasteiger partial charge is 0.375 e. The average molecular weight is 391 g/mol. The van der Waals surface area contributed by atoms with Gasteiger partial charge in [-0.05, 0) is 57.5 Å². The molecule has 0 aliphatic carbocycles. The van der Waals surface area contributed by atoms with Crippen LogP contribution in [-0.4, -0.2) is 70.8 Å². The summed E-state index contributed by atoms with van der Waals surface area (Å²) < 4.78 is 11.4. The lowest BCUT2D eigenvalue weighted by Gasteiger charge is -2.46. The average Bonchev–Trinajstić information content (AvgIpc) is 3.12. The number of likely N-dealkylation sites (tertiary alicyclic amines) is 2. The van der Waals surface area contributed by atoms with Gasteiger partial charge in [0.25, 0.3) is 0 Å². The Morgan fingerprint density at radius 1 is 1.18 bits per heavy atom. The standard InChI is InChI=1S/C21H34N4O3/c1-17-22-19(23-28-17)15-18-6-14-27-21(16-18)7-12-25(13-8-21)20(26)5-11-24-9-3-2-4-10-24/h18H,2-16H2,1H3. The number of carbonyl (C=O) groups excluding carboxylic acids is 1. The van der Waals surface area contributed by atoms with E-state index in [2.05, 4.69) is 19.9 Å². The SMILES string of the molecule is Cc1nc(CC2CCOC3(CCN(C(=O)CCN4CCCCC4)CC3)C2)no1. The number of amides is 1. The van der Waals surface area contributed by atoms with E-state index in [4.69, 9.17) is 9.26 Å². The number of nitrogens with zero attached hydrogens (tertiary/aromatic N) is 4. The second kappa shape index (κ2) is 8.91. The van der Waals surface area contributed by atoms with Crippen LogP contribution in [0.2, 0.25) is 0 Å². The van der Waals surface area contributed by atoms with Gasteiger partial charge in [-0.2, -0.15) is 4.98 Å². The molecular weight excluding hydrogens is 356 g/mol. The fraction of sp³-hybridized carbons (Fsp3) is 0.857. The minimum Gasteiger partial charge on any atom is -0.375 e. The van der Waals surface area contributed by atoms with Crippen LogP contribution in [0.5, 0.6) is 0 Å². The number of hydrogen-bond donors (Lipinski definition) is 0. The maximum atomic E-state index is 12.7. The summed E-state index contributed by atoms with van der Waals surface area (Å²) >= 11 is 0. The molecule has 1 unspecified atom stereocenters. The van der Waals surface area contributed by atoms with Crippen molar-refractivity contribution >= 4 is 5.91 Å². The predicted octanol–water partition coefficient (Wildman–Crippen LogP) is 2.58. The van der Waals surface area contributed by atoms with Gasteiger partial charge in [-0.15, -0.1) is 0 Å². The van der Waals surface area contributed by atoms with Crippen molar-refractivity contribution < 1.29 is 14.1 Å². The highest BCUT2D eigenvalue weighted by Gasteiger charge is 2.41. The smallest absolute Gasteiger partial charge is 0.223 e. The lowest BCUT2D eigenvalue weighted by molar-refractivity contribution is -0.147. The highest BCUT2D eigenvalue weighted by Crippen LogP contribution is 2.38. The summed E-state index contributed by atoms with van der Waals surface area (Å²) in [5.74, 6) is 2.29. The minimum absolute atomic E-state index is 0.0641. The molecule has 0 aromatic carbocycles. The number of carbonyl (C=O) groups is 1. The second-order valence-corrected chi connectivity index (χ2v) is 8.86. The fourth-order valence-corrected chi connectivity index (χ4v) is 5.09. The molecule has 1 aromatic rings. The molecule has 7 heteroatoms. The number of piperidine rings is 2. The number of aromatic nitrogens is 2. The van der Waals surface area contributed by atoms with E-state index in [1.807, 2.05) is 6.92 Å². The molecule has 0 bridgehead atoms. The molecule has 1 atom stereocenters. The molecule has 3 fully saturated rings. The Hall–Kier alpha value is -1.47. The van der Waals surface area contributed by atoms with Crippen LogP contribution in [-0.2, 0) is 16.0 Å². The van der Waals surface area contributed by atoms with Crippen molar-refractivity contribution in [3.05, 3.63) is 11.7 Å². The van der Waals surface area contributed by atoms with Crippen molar-refractivity contribution in [3.63, 3.8) is 0 Å². The predicted molar refractivity (Wildman–Crippen MR) is 105 cm³/mol. The molecule has 4 rings (SSSR count). The van der Waals surface area contributed by atoms with Crippen LogP contribution in [0.1, 0.15) is 63.1 Å². The van der Waals surface area contributed by atoms with Gasteiger partial charge in [0, 0.05) is 46.0 Å². The first kappa shape index (κ1) is 19.8. The molecule has 3 aliphatic heterocycles. The summed E-state index contributed by atoms with van der Waals surface area (Å²) in [5.41, 5.74) is -0.0641. The van der Waals surface area contributed by atoms with Crippen LogP contribution in [0.15, 0.2) is 4.52 Å². The number of rotatable bonds is 5. The first-order valence-electron chi connectivity index (χ1n) is 11.1. The van der Waals surface area contributed by atoms with Crippen molar-refractivity contribution in [3.8, 4) is 0 Å². The maximum Gasteiger partial charge on any atom is 0.223 e. The second-order valence-electron chi connectivity index (χ2n) is 8.86. The van der Waals surface area contributed by atoms with E-state index in [-0.39, 0.29) is 5.60 Å². The number of hydrogen-bond acceptors (Lipinski definition) is 6. The van der Waals surface area contributed by atoms with Gasteiger partial charge < -0.3 is 19.1 Å². The van der Waals surface area contributed by atoms with Gasteiger partial charge in [0.1, 0.15) is 0 Å². The van der Waals surface area contributed by atoms with Crippen LogP contribution in [0.25, 0.3) is 0 Å². The Morgan fingerprint density at radius 3 is 2.68 bits per heavy atom. The van der Waals surface area contributed by atoms with Gasteiger partial charge in [0.05, 0.1) is 5.60 Å². The van der Waals surface area contributed by atoms with Crippen LogP contribution < -0.4 is 0 Å². The zero-order chi connectivity index (χ0) is 19.4. The van der Waals surface area contributed by atoms with Gasteiger partial charge in [-0.3, -0.25) is 4.79 Å². The van der Waals surface area contributed by atoms with Crippen molar-refractivity contribution in [2.45, 2.75) is 70.3 Å². The highest BCUT2D eigenvalue weighted by molar-refractivity contribution is 5.76. The quantitative estimate of drug-likeness (QED) is 0.770. The molecule has 1 aromatic heterocycles. The van der Waals surface area contributed by atoms with Gasteiger partial charge in [0.2, 0.25) is 11.8 Å². The summed E-state index contributed by atoms with van der Waals surface area (Å²) in [6, 6.07) is 0. The zero-order valence-electron chi connectivity index (χ0n) is 17.2. The molecule has 3 aliphatic rings. The Bertz CT molecular complexity index is 648. The van der Waals surface area contributed by atoms with E-state index in [1.165, 1.54) is 19.3 Å². The Morgan fingerprint density at radius 2 is 1.96 bits per heavy atom. The van der Waals surface area contributed by atoms with Crippen LogP contribution in [0.3, 0.4) is 0 Å². The topological polar surface area (TPSA) is 71.7 Å². The molecular formula is C21H34N4O3. The first-order chi connectivity index (χ1) is 13.6. The third kappa shape index (κ3) is 4.92. The minimum atomic E-state index is -0.0641. The maximum absolute atomic E-state index is 12.7. The van der Waals surface area contributed by atoms with Crippen LogP contribution in [0.4, 0.5) is 0 Å². The molecule has 0 radical (unpaired) electrons. The van der Waals surface area contributed by atoms with Crippen LogP contribution >= 0.6 is 0 Å². The van der Waals surface area contributed by atoms with E-state index in [0.717, 1.165) is 77.3 Å². The third-order valence-electron chi connectivity index (χ3n) is 6.75. The number of ether oxygens (including phenoxy) is 1. The monoisotopic (exact) mass is 390 g/mol. The third-order valence-corrected chi connectivity index (χ3v) is 6.75. The lowest BCUT2D eigenvalue weighted by Crippen LogP contribution is -2.51. The van der Waals surface area contributed by atoms with Crippen molar-refractivity contribution in [2.75, 3.05) is 39.3 Å². The zero-order valence-corrected chi connectivity index (χ0v) is 17.2. The molecule has 28 heavy (non-hydrogen) atoms. The highest BCUT2D eigenvalue weighted by atomic mass is 16.5. The molecule has 4 heterocycles. The first-order valence-corrected chi connectivity index (χ1v) is 11.1. The molecule has 156 valence electrons. The van der Waals surface area contributed by atoms with E-state index < -0.39 is 0 Å². The number of aryl methyl sites for hydroxylation is 1. The normalized spacial score (nSPS) is 25.9. The van der Waals surface area contributed by atoms with E-state index in [0.29, 0.717) is 24.1 Å². The Balaban J connectivity index is 1.23. The van der Waals surface area contributed by atoms with E-state index in [1.54, 1.807) is 0 Å². The lowest BCUT2D eigenvalue weighted by atomic mass is 9.78. The molecule has 0 saturated carbocycles. The molecule has 1 spiro atoms. The Labute approximate surface area is 167 Å². The Kier molecular flexibility index (Phi) is 6.31. The van der Waals surface area contributed by atoms with Gasteiger partial charge in [-0.25, -0.2) is 0 Å². The van der Waals surface area contributed by atoms with E-state index in [9.17, 15) is 4.79 Å². The van der Waals surface area contributed by atoms with E-state index >= 15 is 0 Å². The molecule has 3 saturated heterocycles. The van der Waals surface area contributed by atoms with Crippen molar-refractivity contribution in [1.29, 1.82) is 0 Å². The molecule has 0 N–H and O–H groups in total. The summed E-state index contributed by atoms with van der Waals surface area (Å²) in [4.78, 5) is 21.5. The molecule has 1 amide bonds. The summed E-state index contributed by atoms with van der Waals surface area (Å²) in [6.07, 6.45) is 9.41. The fourth-order valence-electron chi connectivity index (χ4n) is 5.09. The summed E-state index contributed by atoms with van der Waals surface area (Å²) in [5, 5.41) is 4.05. The summed E-state index contributed by atoms with van der Waals surface area (Å²) in [7, 11) is 0. The van der Waals surface area contributed by atoms with Gasteiger partial charge in [0.15, 0.2) is 5.82 Å². The molecule has 7 nitrogen and oxygen atoms in total. The van der Waals surface area contributed by atoms with Crippen LogP contribution in [0, 0.1) is 12.8 Å². The summed E-state index contributed by atoms with van der Waals surface area (Å²) in [6.45, 7) is 7.52. The van der Waals surface area contributed by atoms with Gasteiger partial charge in [-0.1, -0.05) is 11.6 Å². The van der Waals surface area contributed by atoms with Crippen molar-refractivity contribution in [1.82, 2.24) is 19.9 Å². The van der Waals surface area contributed by atoms with Gasteiger partial charge >= 0.3 is 0 Å². The van der Waals surface area contributed by atoms with Crippen molar-refractivity contribution in [2.24, 2.45) is 5.92 Å².